The fourth-order valence-corrected chi connectivity index (χ4v) is 2.52. The lowest BCUT2D eigenvalue weighted by Gasteiger charge is -2.31. The van der Waals surface area contributed by atoms with Crippen LogP contribution in [-0.4, -0.2) is 29.9 Å². The summed E-state index contributed by atoms with van der Waals surface area (Å²) >= 11 is 11.5. The monoisotopic (exact) mass is 333 g/mol. The number of hydrogen-bond acceptors (Lipinski definition) is 2. The van der Waals surface area contributed by atoms with Gasteiger partial charge in [-0.2, -0.15) is 0 Å². The van der Waals surface area contributed by atoms with Gasteiger partial charge in [-0.1, -0.05) is 23.2 Å². The lowest BCUT2D eigenvalue weighted by molar-refractivity contribution is -0.123. The summed E-state index contributed by atoms with van der Waals surface area (Å²) in [6.07, 6.45) is 1.32. The minimum atomic E-state index is -0.679. The Kier molecular flexibility index (Phi) is 4.90. The molecule has 1 atom stereocenters. The van der Waals surface area contributed by atoms with Crippen molar-refractivity contribution in [2.45, 2.75) is 12.8 Å². The van der Waals surface area contributed by atoms with E-state index in [0.717, 1.165) is 6.07 Å². The van der Waals surface area contributed by atoms with Crippen LogP contribution in [0.4, 0.5) is 14.9 Å². The number of hydrogen-bond donors (Lipinski definition) is 2. The summed E-state index contributed by atoms with van der Waals surface area (Å²) in [5.74, 6) is -1.49. The number of halogens is 3. The van der Waals surface area contributed by atoms with Crippen LogP contribution >= 0.6 is 23.2 Å². The second-order valence-corrected chi connectivity index (χ2v) is 5.68. The summed E-state index contributed by atoms with van der Waals surface area (Å²) in [4.78, 5) is 24.7. The molecule has 0 aromatic heterocycles. The van der Waals surface area contributed by atoms with Gasteiger partial charge in [-0.05, 0) is 25.0 Å². The third kappa shape index (κ3) is 3.77. The fourth-order valence-electron chi connectivity index (χ4n) is 2.21. The maximum absolute atomic E-state index is 13.7. The highest BCUT2D eigenvalue weighted by atomic mass is 35.5. The lowest BCUT2D eigenvalue weighted by atomic mass is 9.98. The van der Waals surface area contributed by atoms with E-state index in [1.807, 2.05) is 0 Å². The molecule has 114 valence electrons. The maximum Gasteiger partial charge on any atom is 0.321 e. The minimum Gasteiger partial charge on any atom is -0.369 e. The van der Waals surface area contributed by atoms with E-state index in [-0.39, 0.29) is 28.2 Å². The molecule has 3 amide bonds. The first-order valence-corrected chi connectivity index (χ1v) is 7.14. The molecular weight excluding hydrogens is 320 g/mol. The Morgan fingerprint density at radius 1 is 1.33 bits per heavy atom. The van der Waals surface area contributed by atoms with E-state index in [1.165, 1.54) is 11.0 Å². The molecule has 1 aromatic carbocycles. The van der Waals surface area contributed by atoms with Gasteiger partial charge in [0.25, 0.3) is 0 Å². The molecule has 1 aliphatic heterocycles. The summed E-state index contributed by atoms with van der Waals surface area (Å²) in [5, 5.41) is 2.63. The van der Waals surface area contributed by atoms with E-state index in [4.69, 9.17) is 28.9 Å². The molecule has 1 aromatic rings. The molecule has 0 aliphatic carbocycles. The van der Waals surface area contributed by atoms with Gasteiger partial charge in [0, 0.05) is 13.1 Å². The number of piperidine rings is 1. The Bertz CT molecular complexity index is 583. The standard InChI is InChI=1S/C13H14Cl2FN3O2/c14-8-4-10(16)11(5-9(8)15)18-13(21)19-3-1-2-7(6-19)12(17)20/h4-5,7H,1-3,6H2,(H2,17,20)(H,18,21)/t7-/m1/s1. The zero-order chi connectivity index (χ0) is 15.6. The number of primary amides is 1. The predicted octanol–water partition coefficient (Wildman–Crippen LogP) is 2.86. The van der Waals surface area contributed by atoms with Crippen molar-refractivity contribution in [1.82, 2.24) is 4.90 Å². The number of nitrogens with zero attached hydrogens (tertiary/aromatic N) is 1. The first-order valence-electron chi connectivity index (χ1n) is 6.38. The van der Waals surface area contributed by atoms with E-state index in [0.29, 0.717) is 19.4 Å². The van der Waals surface area contributed by atoms with Crippen molar-refractivity contribution in [2.75, 3.05) is 18.4 Å². The van der Waals surface area contributed by atoms with Crippen LogP contribution in [-0.2, 0) is 4.79 Å². The van der Waals surface area contributed by atoms with Gasteiger partial charge in [0.05, 0.1) is 21.7 Å². The van der Waals surface area contributed by atoms with Crippen LogP contribution in [0.5, 0.6) is 0 Å². The molecule has 0 saturated carbocycles. The Hall–Kier alpha value is -1.53. The molecule has 2 rings (SSSR count). The first-order chi connectivity index (χ1) is 9.88. The van der Waals surface area contributed by atoms with Gasteiger partial charge >= 0.3 is 6.03 Å². The summed E-state index contributed by atoms with van der Waals surface area (Å²) in [6.45, 7) is 0.711. The first kappa shape index (κ1) is 15.9. The molecule has 8 heteroatoms. The van der Waals surface area contributed by atoms with Crippen molar-refractivity contribution < 1.29 is 14.0 Å². The van der Waals surface area contributed by atoms with E-state index in [9.17, 15) is 14.0 Å². The van der Waals surface area contributed by atoms with Gasteiger partial charge in [0.15, 0.2) is 0 Å². The second kappa shape index (κ2) is 6.49. The summed E-state index contributed by atoms with van der Waals surface area (Å²) in [7, 11) is 0. The number of anilines is 1. The molecule has 1 fully saturated rings. The van der Waals surface area contributed by atoms with Crippen LogP contribution in [0.1, 0.15) is 12.8 Å². The van der Waals surface area contributed by atoms with Crippen molar-refractivity contribution in [1.29, 1.82) is 0 Å². The number of benzene rings is 1. The highest BCUT2D eigenvalue weighted by Gasteiger charge is 2.27. The molecule has 0 unspecified atom stereocenters. The van der Waals surface area contributed by atoms with Crippen molar-refractivity contribution >= 4 is 40.8 Å². The van der Waals surface area contributed by atoms with Gasteiger partial charge in [-0.15, -0.1) is 0 Å². The average Bonchev–Trinajstić information content (AvgIpc) is 2.44. The van der Waals surface area contributed by atoms with Crippen molar-refractivity contribution in [3.63, 3.8) is 0 Å². The molecule has 3 N–H and O–H groups in total. The maximum atomic E-state index is 13.7. The van der Waals surface area contributed by atoms with Crippen LogP contribution in [0, 0.1) is 11.7 Å². The number of nitrogens with one attached hydrogen (secondary N) is 1. The van der Waals surface area contributed by atoms with Crippen molar-refractivity contribution in [2.24, 2.45) is 11.7 Å². The number of likely N-dealkylation sites (tertiary alicyclic amines) is 1. The van der Waals surface area contributed by atoms with Gasteiger partial charge in [-0.25, -0.2) is 9.18 Å². The molecule has 0 bridgehead atoms. The molecule has 1 heterocycles. The second-order valence-electron chi connectivity index (χ2n) is 4.86. The molecule has 0 radical (unpaired) electrons. The zero-order valence-corrected chi connectivity index (χ0v) is 12.5. The Balaban J connectivity index is 2.07. The normalized spacial score (nSPS) is 18.4. The molecule has 5 nitrogen and oxygen atoms in total. The molecular formula is C13H14Cl2FN3O2. The van der Waals surface area contributed by atoms with E-state index >= 15 is 0 Å². The largest absolute Gasteiger partial charge is 0.369 e. The minimum absolute atomic E-state index is 0.0596. The van der Waals surface area contributed by atoms with Crippen molar-refractivity contribution in [3.8, 4) is 0 Å². The van der Waals surface area contributed by atoms with E-state index in [2.05, 4.69) is 5.32 Å². The number of urea groups is 1. The number of carbonyl (C=O) groups excluding carboxylic acids is 2. The van der Waals surface area contributed by atoms with Gasteiger partial charge in [-0.3, -0.25) is 4.79 Å². The van der Waals surface area contributed by atoms with Gasteiger partial charge in [0.1, 0.15) is 5.82 Å². The van der Waals surface area contributed by atoms with Crippen LogP contribution in [0.2, 0.25) is 10.0 Å². The average molecular weight is 334 g/mol. The van der Waals surface area contributed by atoms with Crippen molar-refractivity contribution in [3.05, 3.63) is 28.0 Å². The summed E-state index contributed by atoms with van der Waals surface area (Å²) in [6, 6.07) is 1.77. The third-order valence-electron chi connectivity index (χ3n) is 3.36. The van der Waals surface area contributed by atoms with Crippen LogP contribution in [0.3, 0.4) is 0 Å². The smallest absolute Gasteiger partial charge is 0.321 e. The van der Waals surface area contributed by atoms with E-state index < -0.39 is 17.8 Å². The predicted molar refractivity (Wildman–Crippen MR) is 78.9 cm³/mol. The molecule has 21 heavy (non-hydrogen) atoms. The Labute approximate surface area is 131 Å². The number of rotatable bonds is 2. The number of amides is 3. The Morgan fingerprint density at radius 2 is 2.00 bits per heavy atom. The van der Waals surface area contributed by atoms with Gasteiger partial charge < -0.3 is 16.0 Å². The zero-order valence-electron chi connectivity index (χ0n) is 11.0. The summed E-state index contributed by atoms with van der Waals surface area (Å²) < 4.78 is 13.7. The number of nitrogens with two attached hydrogens (primary N) is 1. The van der Waals surface area contributed by atoms with Crippen LogP contribution < -0.4 is 11.1 Å². The van der Waals surface area contributed by atoms with Crippen LogP contribution in [0.25, 0.3) is 0 Å². The topological polar surface area (TPSA) is 75.4 Å². The Morgan fingerprint density at radius 3 is 2.67 bits per heavy atom. The van der Waals surface area contributed by atoms with Crippen LogP contribution in [0.15, 0.2) is 12.1 Å². The molecule has 1 saturated heterocycles. The summed E-state index contributed by atoms with van der Waals surface area (Å²) in [5.41, 5.74) is 5.19. The lowest BCUT2D eigenvalue weighted by Crippen LogP contribution is -2.45. The highest BCUT2D eigenvalue weighted by molar-refractivity contribution is 6.42. The SMILES string of the molecule is NC(=O)[C@@H]1CCCN(C(=O)Nc2cc(Cl)c(Cl)cc2F)C1. The molecule has 0 spiro atoms. The highest BCUT2D eigenvalue weighted by Crippen LogP contribution is 2.28. The quantitative estimate of drug-likeness (QED) is 0.816. The van der Waals surface area contributed by atoms with Gasteiger partial charge in [0.2, 0.25) is 5.91 Å². The third-order valence-corrected chi connectivity index (χ3v) is 4.08. The molecule has 1 aliphatic rings. The number of carbonyl (C=O) groups is 2. The fraction of sp³-hybridized carbons (Fsp3) is 0.385. The van der Waals surface area contributed by atoms with E-state index in [1.54, 1.807) is 0 Å².